The molecule has 1 saturated heterocycles. The van der Waals surface area contributed by atoms with E-state index in [-0.39, 0.29) is 12.1 Å². The lowest BCUT2D eigenvalue weighted by Crippen LogP contribution is -2.29. The summed E-state index contributed by atoms with van der Waals surface area (Å²) in [4.78, 5) is 13.2. The molecule has 0 radical (unpaired) electrons. The second kappa shape index (κ2) is 7.49. The summed E-state index contributed by atoms with van der Waals surface area (Å²) in [6.07, 6.45) is 2.58. The summed E-state index contributed by atoms with van der Waals surface area (Å²) in [7, 11) is 1.73. The molecular formula is C20H23NO3. The summed E-state index contributed by atoms with van der Waals surface area (Å²) in [5.41, 5.74) is 2.20. The lowest BCUT2D eigenvalue weighted by molar-refractivity contribution is -0.108. The Hall–Kier alpha value is -2.33. The first kappa shape index (κ1) is 16.5. The lowest BCUT2D eigenvalue weighted by Gasteiger charge is -2.25. The molecule has 2 aromatic rings. The Morgan fingerprint density at radius 1 is 1.17 bits per heavy atom. The van der Waals surface area contributed by atoms with Crippen LogP contribution in [-0.4, -0.2) is 32.1 Å². The minimum Gasteiger partial charge on any atom is -0.457 e. The van der Waals surface area contributed by atoms with Crippen molar-refractivity contribution in [2.24, 2.45) is 0 Å². The number of aldehydes is 1. The van der Waals surface area contributed by atoms with Gasteiger partial charge >= 0.3 is 0 Å². The summed E-state index contributed by atoms with van der Waals surface area (Å²) in [5.74, 6) is 1.67. The number of para-hydroxylation sites is 1. The second-order valence-corrected chi connectivity index (χ2v) is 6.16. The highest BCUT2D eigenvalue weighted by molar-refractivity contribution is 5.57. The van der Waals surface area contributed by atoms with Crippen LogP contribution in [0.4, 0.5) is 5.69 Å². The van der Waals surface area contributed by atoms with E-state index >= 15 is 0 Å². The SMILES string of the molecule is COC1CC(CC=O)N(c2ccc(Oc3ccccc3C)cc2)C1. The fourth-order valence-corrected chi connectivity index (χ4v) is 3.20. The van der Waals surface area contributed by atoms with Crippen LogP contribution < -0.4 is 9.64 Å². The zero-order valence-electron chi connectivity index (χ0n) is 14.1. The molecule has 0 amide bonds. The first-order valence-corrected chi connectivity index (χ1v) is 8.28. The number of hydrogen-bond acceptors (Lipinski definition) is 4. The fraction of sp³-hybridized carbons (Fsp3) is 0.350. The predicted octanol–water partition coefficient (Wildman–Crippen LogP) is 3.97. The fourth-order valence-electron chi connectivity index (χ4n) is 3.20. The first-order chi connectivity index (χ1) is 11.7. The van der Waals surface area contributed by atoms with Crippen molar-refractivity contribution in [2.45, 2.75) is 31.9 Å². The molecule has 0 bridgehead atoms. The van der Waals surface area contributed by atoms with Gasteiger partial charge in [0.1, 0.15) is 17.8 Å². The number of carbonyl (C=O) groups excluding carboxylic acids is 1. The van der Waals surface area contributed by atoms with Gasteiger partial charge in [0.2, 0.25) is 0 Å². The highest BCUT2D eigenvalue weighted by Gasteiger charge is 2.31. The van der Waals surface area contributed by atoms with Crippen LogP contribution in [0.1, 0.15) is 18.4 Å². The monoisotopic (exact) mass is 325 g/mol. The zero-order chi connectivity index (χ0) is 16.9. The van der Waals surface area contributed by atoms with E-state index in [0.29, 0.717) is 6.42 Å². The van der Waals surface area contributed by atoms with Gasteiger partial charge in [-0.2, -0.15) is 0 Å². The summed E-state index contributed by atoms with van der Waals surface area (Å²) in [6.45, 7) is 2.84. The molecule has 0 aromatic heterocycles. The third-order valence-electron chi connectivity index (χ3n) is 4.57. The third-order valence-corrected chi connectivity index (χ3v) is 4.57. The van der Waals surface area contributed by atoms with Gasteiger partial charge in [-0.15, -0.1) is 0 Å². The van der Waals surface area contributed by atoms with Crippen molar-refractivity contribution in [2.75, 3.05) is 18.6 Å². The number of hydrogen-bond donors (Lipinski definition) is 0. The smallest absolute Gasteiger partial charge is 0.130 e. The molecule has 2 aromatic carbocycles. The molecular weight excluding hydrogens is 302 g/mol. The molecule has 0 N–H and O–H groups in total. The number of ether oxygens (including phenoxy) is 2. The summed E-state index contributed by atoms with van der Waals surface area (Å²) in [5, 5.41) is 0. The number of rotatable bonds is 6. The second-order valence-electron chi connectivity index (χ2n) is 6.16. The maximum atomic E-state index is 10.9. The van der Waals surface area contributed by atoms with Crippen molar-refractivity contribution in [1.29, 1.82) is 0 Å². The lowest BCUT2D eigenvalue weighted by atomic mass is 10.1. The van der Waals surface area contributed by atoms with Crippen LogP contribution in [0.15, 0.2) is 48.5 Å². The average Bonchev–Trinajstić information content (AvgIpc) is 3.01. The predicted molar refractivity (Wildman–Crippen MR) is 94.9 cm³/mol. The summed E-state index contributed by atoms with van der Waals surface area (Å²) in [6, 6.07) is 16.2. The van der Waals surface area contributed by atoms with Crippen LogP contribution in [0.25, 0.3) is 0 Å². The Kier molecular flexibility index (Phi) is 5.16. The normalized spacial score (nSPS) is 20.2. The molecule has 1 aliphatic heterocycles. The van der Waals surface area contributed by atoms with Gasteiger partial charge in [-0.25, -0.2) is 0 Å². The van der Waals surface area contributed by atoms with Crippen LogP contribution in [0, 0.1) is 6.92 Å². The number of aryl methyl sites for hydroxylation is 1. The Bertz CT molecular complexity index is 684. The van der Waals surface area contributed by atoms with Crippen molar-refractivity contribution >= 4 is 12.0 Å². The van der Waals surface area contributed by atoms with E-state index in [1.165, 1.54) is 0 Å². The molecule has 1 fully saturated rings. The van der Waals surface area contributed by atoms with Crippen LogP contribution >= 0.6 is 0 Å². The van der Waals surface area contributed by atoms with Crippen molar-refractivity contribution in [1.82, 2.24) is 0 Å². The van der Waals surface area contributed by atoms with E-state index in [4.69, 9.17) is 9.47 Å². The Morgan fingerprint density at radius 2 is 1.92 bits per heavy atom. The van der Waals surface area contributed by atoms with Crippen molar-refractivity contribution in [3.8, 4) is 11.5 Å². The maximum absolute atomic E-state index is 10.9. The van der Waals surface area contributed by atoms with Gasteiger partial charge in [-0.3, -0.25) is 0 Å². The molecule has 24 heavy (non-hydrogen) atoms. The molecule has 4 nitrogen and oxygen atoms in total. The van der Waals surface area contributed by atoms with Gasteiger partial charge in [0.25, 0.3) is 0 Å². The maximum Gasteiger partial charge on any atom is 0.130 e. The summed E-state index contributed by atoms with van der Waals surface area (Å²) >= 11 is 0. The van der Waals surface area contributed by atoms with E-state index in [2.05, 4.69) is 4.90 Å². The molecule has 1 heterocycles. The van der Waals surface area contributed by atoms with Gasteiger partial charge in [0.15, 0.2) is 0 Å². The number of benzene rings is 2. The van der Waals surface area contributed by atoms with Gasteiger partial charge in [0, 0.05) is 31.8 Å². The van der Waals surface area contributed by atoms with Crippen molar-refractivity contribution < 1.29 is 14.3 Å². The largest absolute Gasteiger partial charge is 0.457 e. The summed E-state index contributed by atoms with van der Waals surface area (Å²) < 4.78 is 11.4. The van der Waals surface area contributed by atoms with Crippen molar-refractivity contribution in [3.63, 3.8) is 0 Å². The Balaban J connectivity index is 1.74. The van der Waals surface area contributed by atoms with E-state index < -0.39 is 0 Å². The molecule has 0 spiro atoms. The molecule has 2 atom stereocenters. The quantitative estimate of drug-likeness (QED) is 0.753. The molecule has 2 unspecified atom stereocenters. The van der Waals surface area contributed by atoms with Gasteiger partial charge in [-0.05, 0) is 49.2 Å². The van der Waals surface area contributed by atoms with Crippen LogP contribution in [0.5, 0.6) is 11.5 Å². The molecule has 126 valence electrons. The zero-order valence-corrected chi connectivity index (χ0v) is 14.1. The van der Waals surface area contributed by atoms with E-state index in [1.54, 1.807) is 7.11 Å². The standard InChI is InChI=1S/C20H23NO3/c1-15-5-3-4-6-20(15)24-18-9-7-16(8-10-18)21-14-19(23-2)13-17(21)11-12-22/h3-10,12,17,19H,11,13-14H2,1-2H3. The van der Waals surface area contributed by atoms with Gasteiger partial charge < -0.3 is 19.2 Å². The molecule has 0 saturated carbocycles. The van der Waals surface area contributed by atoms with Gasteiger partial charge in [-0.1, -0.05) is 18.2 Å². The van der Waals surface area contributed by atoms with Crippen molar-refractivity contribution in [3.05, 3.63) is 54.1 Å². The number of methoxy groups -OCH3 is 1. The molecule has 1 aliphatic rings. The minimum absolute atomic E-state index is 0.179. The van der Waals surface area contributed by atoms with E-state index in [1.807, 2.05) is 55.5 Å². The number of anilines is 1. The highest BCUT2D eigenvalue weighted by Crippen LogP contribution is 2.31. The topological polar surface area (TPSA) is 38.8 Å². The van der Waals surface area contributed by atoms with E-state index in [0.717, 1.165) is 42.0 Å². The molecule has 4 heteroatoms. The Labute approximate surface area is 143 Å². The number of carbonyl (C=O) groups is 1. The van der Waals surface area contributed by atoms with Crippen LogP contribution in [0.3, 0.4) is 0 Å². The van der Waals surface area contributed by atoms with Gasteiger partial charge in [0.05, 0.1) is 6.10 Å². The Morgan fingerprint density at radius 3 is 2.58 bits per heavy atom. The van der Waals surface area contributed by atoms with Crippen LogP contribution in [-0.2, 0) is 9.53 Å². The molecule has 0 aliphatic carbocycles. The third kappa shape index (κ3) is 3.60. The number of nitrogens with zero attached hydrogens (tertiary/aromatic N) is 1. The average molecular weight is 325 g/mol. The first-order valence-electron chi connectivity index (χ1n) is 8.28. The minimum atomic E-state index is 0.179. The molecule has 3 rings (SSSR count). The van der Waals surface area contributed by atoms with Crippen LogP contribution in [0.2, 0.25) is 0 Å². The highest BCUT2D eigenvalue weighted by atomic mass is 16.5. The van der Waals surface area contributed by atoms with E-state index in [9.17, 15) is 4.79 Å².